The number of rotatable bonds is 6. The van der Waals surface area contributed by atoms with Gasteiger partial charge in [-0.3, -0.25) is 4.79 Å². The molecule has 2 rings (SSSR count). The minimum atomic E-state index is 0.0474. The van der Waals surface area contributed by atoms with Gasteiger partial charge in [0.1, 0.15) is 0 Å². The lowest BCUT2D eigenvalue weighted by Crippen LogP contribution is -2.25. The molecule has 0 heterocycles. The molecule has 18 heavy (non-hydrogen) atoms. The molecule has 1 amide bonds. The average Bonchev–Trinajstić information content (AvgIpc) is 3.13. The molecule has 2 N–H and O–H groups in total. The lowest BCUT2D eigenvalue weighted by molar-refractivity contribution is 0.0951. The summed E-state index contributed by atoms with van der Waals surface area (Å²) in [7, 11) is 0. The van der Waals surface area contributed by atoms with Gasteiger partial charge in [-0.05, 0) is 49.4 Å². The summed E-state index contributed by atoms with van der Waals surface area (Å²) in [5, 5.41) is 6.35. The van der Waals surface area contributed by atoms with Crippen LogP contribution >= 0.6 is 0 Å². The molecular formula is C15H22N2O. The van der Waals surface area contributed by atoms with Crippen molar-refractivity contribution in [2.45, 2.75) is 39.2 Å². The van der Waals surface area contributed by atoms with Gasteiger partial charge in [0, 0.05) is 23.8 Å². The zero-order valence-corrected chi connectivity index (χ0v) is 11.2. The van der Waals surface area contributed by atoms with Gasteiger partial charge in [0.25, 0.3) is 5.91 Å². The molecule has 0 aromatic heterocycles. The van der Waals surface area contributed by atoms with Crippen molar-refractivity contribution in [3.8, 4) is 0 Å². The summed E-state index contributed by atoms with van der Waals surface area (Å²) in [5.74, 6) is 0.757. The molecule has 1 aliphatic carbocycles. The molecule has 0 saturated heterocycles. The van der Waals surface area contributed by atoms with Gasteiger partial charge in [-0.1, -0.05) is 13.8 Å². The Labute approximate surface area is 109 Å². The van der Waals surface area contributed by atoms with Crippen LogP contribution < -0.4 is 10.6 Å². The van der Waals surface area contributed by atoms with E-state index in [4.69, 9.17) is 0 Å². The van der Waals surface area contributed by atoms with Crippen LogP contribution in [0.5, 0.6) is 0 Å². The fraction of sp³-hybridized carbons (Fsp3) is 0.533. The van der Waals surface area contributed by atoms with Crippen molar-refractivity contribution in [2.24, 2.45) is 5.92 Å². The highest BCUT2D eigenvalue weighted by Gasteiger charge is 2.23. The van der Waals surface area contributed by atoms with E-state index in [1.54, 1.807) is 0 Å². The van der Waals surface area contributed by atoms with Gasteiger partial charge in [0.2, 0.25) is 0 Å². The fourth-order valence-corrected chi connectivity index (χ4v) is 1.74. The van der Waals surface area contributed by atoms with E-state index in [0.717, 1.165) is 37.1 Å². The maximum atomic E-state index is 11.8. The van der Waals surface area contributed by atoms with E-state index in [0.29, 0.717) is 12.0 Å². The number of anilines is 1. The van der Waals surface area contributed by atoms with E-state index in [9.17, 15) is 4.79 Å². The second-order valence-corrected chi connectivity index (χ2v) is 5.43. The van der Waals surface area contributed by atoms with Crippen molar-refractivity contribution in [2.75, 3.05) is 11.9 Å². The number of hydrogen-bond acceptors (Lipinski definition) is 2. The lowest BCUT2D eigenvalue weighted by Gasteiger charge is -2.09. The van der Waals surface area contributed by atoms with Gasteiger partial charge in [-0.25, -0.2) is 0 Å². The van der Waals surface area contributed by atoms with Crippen LogP contribution in [0, 0.1) is 5.92 Å². The number of hydrogen-bond donors (Lipinski definition) is 2. The molecule has 1 saturated carbocycles. The zero-order valence-electron chi connectivity index (χ0n) is 11.2. The summed E-state index contributed by atoms with van der Waals surface area (Å²) in [4.78, 5) is 11.8. The second-order valence-electron chi connectivity index (χ2n) is 5.43. The summed E-state index contributed by atoms with van der Waals surface area (Å²) >= 11 is 0. The first-order valence-electron chi connectivity index (χ1n) is 6.80. The normalized spacial score (nSPS) is 14.6. The number of benzene rings is 1. The zero-order chi connectivity index (χ0) is 13.0. The first-order valence-corrected chi connectivity index (χ1v) is 6.80. The third-order valence-corrected chi connectivity index (χ3v) is 3.11. The maximum absolute atomic E-state index is 11.8. The Morgan fingerprint density at radius 1 is 1.28 bits per heavy atom. The van der Waals surface area contributed by atoms with Gasteiger partial charge in [0.05, 0.1) is 0 Å². The Bertz CT molecular complexity index is 393. The Balaban J connectivity index is 1.82. The SMILES string of the molecule is CC(C)CCNc1ccc(C(=O)NC2CC2)cc1. The predicted octanol–water partition coefficient (Wildman–Crippen LogP) is 3.04. The van der Waals surface area contributed by atoms with Gasteiger partial charge in [0.15, 0.2) is 0 Å². The van der Waals surface area contributed by atoms with Crippen molar-refractivity contribution in [1.82, 2.24) is 5.32 Å². The van der Waals surface area contributed by atoms with E-state index in [-0.39, 0.29) is 5.91 Å². The topological polar surface area (TPSA) is 41.1 Å². The third-order valence-electron chi connectivity index (χ3n) is 3.11. The number of carbonyl (C=O) groups is 1. The highest BCUT2D eigenvalue weighted by atomic mass is 16.1. The molecule has 3 heteroatoms. The summed E-state index contributed by atoms with van der Waals surface area (Å²) in [6, 6.07) is 8.14. The largest absolute Gasteiger partial charge is 0.385 e. The average molecular weight is 246 g/mol. The van der Waals surface area contributed by atoms with E-state index >= 15 is 0 Å². The molecule has 0 aliphatic heterocycles. The Hall–Kier alpha value is -1.51. The molecule has 0 bridgehead atoms. The molecule has 0 atom stereocenters. The summed E-state index contributed by atoms with van der Waals surface area (Å²) < 4.78 is 0. The molecule has 1 aromatic rings. The van der Waals surface area contributed by atoms with Gasteiger partial charge in [-0.2, -0.15) is 0 Å². The van der Waals surface area contributed by atoms with E-state index < -0.39 is 0 Å². The smallest absolute Gasteiger partial charge is 0.251 e. The first kappa shape index (κ1) is 12.9. The minimum Gasteiger partial charge on any atom is -0.385 e. The highest BCUT2D eigenvalue weighted by molar-refractivity contribution is 5.94. The van der Waals surface area contributed by atoms with Crippen molar-refractivity contribution < 1.29 is 4.79 Å². The Morgan fingerprint density at radius 2 is 1.94 bits per heavy atom. The molecule has 0 spiro atoms. The van der Waals surface area contributed by atoms with Crippen molar-refractivity contribution in [3.63, 3.8) is 0 Å². The quantitative estimate of drug-likeness (QED) is 0.810. The molecule has 1 aliphatic rings. The van der Waals surface area contributed by atoms with Crippen LogP contribution in [-0.4, -0.2) is 18.5 Å². The van der Waals surface area contributed by atoms with Crippen LogP contribution in [0.1, 0.15) is 43.5 Å². The first-order chi connectivity index (χ1) is 8.65. The van der Waals surface area contributed by atoms with Crippen LogP contribution in [0.25, 0.3) is 0 Å². The van der Waals surface area contributed by atoms with Crippen LogP contribution in [0.15, 0.2) is 24.3 Å². The van der Waals surface area contributed by atoms with E-state index in [1.807, 2.05) is 24.3 Å². The van der Waals surface area contributed by atoms with Crippen molar-refractivity contribution in [3.05, 3.63) is 29.8 Å². The van der Waals surface area contributed by atoms with Gasteiger partial charge >= 0.3 is 0 Å². The molecule has 0 unspecified atom stereocenters. The summed E-state index contributed by atoms with van der Waals surface area (Å²) in [6.45, 7) is 5.41. The number of carbonyl (C=O) groups excluding carboxylic acids is 1. The van der Waals surface area contributed by atoms with Gasteiger partial charge < -0.3 is 10.6 Å². The number of amides is 1. The molecule has 98 valence electrons. The molecule has 0 radical (unpaired) electrons. The maximum Gasteiger partial charge on any atom is 0.251 e. The molecular weight excluding hydrogens is 224 g/mol. The summed E-state index contributed by atoms with van der Waals surface area (Å²) in [5.41, 5.74) is 1.83. The van der Waals surface area contributed by atoms with Crippen LogP contribution in [0.2, 0.25) is 0 Å². The lowest BCUT2D eigenvalue weighted by atomic mass is 10.1. The standard InChI is InChI=1S/C15H22N2O/c1-11(2)9-10-16-13-5-3-12(4-6-13)15(18)17-14-7-8-14/h3-6,11,14,16H,7-10H2,1-2H3,(H,17,18). The molecule has 3 nitrogen and oxygen atoms in total. The Kier molecular flexibility index (Phi) is 4.24. The van der Waals surface area contributed by atoms with Crippen molar-refractivity contribution in [1.29, 1.82) is 0 Å². The summed E-state index contributed by atoms with van der Waals surface area (Å²) in [6.07, 6.45) is 3.41. The van der Waals surface area contributed by atoms with Crippen LogP contribution in [0.4, 0.5) is 5.69 Å². The van der Waals surface area contributed by atoms with Crippen LogP contribution in [-0.2, 0) is 0 Å². The molecule has 1 aromatic carbocycles. The molecule has 1 fully saturated rings. The van der Waals surface area contributed by atoms with E-state index in [2.05, 4.69) is 24.5 Å². The second kappa shape index (κ2) is 5.89. The van der Waals surface area contributed by atoms with Crippen molar-refractivity contribution >= 4 is 11.6 Å². The van der Waals surface area contributed by atoms with Crippen LogP contribution in [0.3, 0.4) is 0 Å². The Morgan fingerprint density at radius 3 is 2.50 bits per heavy atom. The monoisotopic (exact) mass is 246 g/mol. The predicted molar refractivity (Wildman–Crippen MR) is 74.9 cm³/mol. The van der Waals surface area contributed by atoms with Gasteiger partial charge in [-0.15, -0.1) is 0 Å². The minimum absolute atomic E-state index is 0.0474. The highest BCUT2D eigenvalue weighted by Crippen LogP contribution is 2.19. The fourth-order valence-electron chi connectivity index (χ4n) is 1.74. The number of nitrogens with one attached hydrogen (secondary N) is 2. The van der Waals surface area contributed by atoms with E-state index in [1.165, 1.54) is 0 Å². The third kappa shape index (κ3) is 4.06.